The summed E-state index contributed by atoms with van der Waals surface area (Å²) in [7, 11) is 0. The Balaban J connectivity index is 1.68. The molecule has 0 unspecified atom stereocenters. The van der Waals surface area contributed by atoms with Crippen LogP contribution < -0.4 is 16.0 Å². The molecule has 0 spiro atoms. The highest BCUT2D eigenvalue weighted by atomic mass is 16.2. The summed E-state index contributed by atoms with van der Waals surface area (Å²) >= 11 is 0. The summed E-state index contributed by atoms with van der Waals surface area (Å²) in [5.41, 5.74) is 2.08. The maximum absolute atomic E-state index is 11.7. The van der Waals surface area contributed by atoms with Crippen molar-refractivity contribution in [2.75, 3.05) is 18.4 Å². The van der Waals surface area contributed by atoms with Gasteiger partial charge in [0.2, 0.25) is 11.8 Å². The fourth-order valence-electron chi connectivity index (χ4n) is 1.99. The lowest BCUT2D eigenvalue weighted by Crippen LogP contribution is -2.43. The van der Waals surface area contributed by atoms with E-state index in [0.717, 1.165) is 11.3 Å². The fourth-order valence-corrected chi connectivity index (χ4v) is 1.99. The average molecular weight is 262 g/mol. The molecule has 19 heavy (non-hydrogen) atoms. The third-order valence-electron chi connectivity index (χ3n) is 3.07. The van der Waals surface area contributed by atoms with Crippen LogP contribution in [0.3, 0.4) is 0 Å². The van der Waals surface area contributed by atoms with Crippen LogP contribution in [0.1, 0.15) is 18.4 Å². The van der Waals surface area contributed by atoms with E-state index in [4.69, 9.17) is 0 Å². The average Bonchev–Trinajstić information content (AvgIpc) is 2.83. The molecule has 0 aromatic carbocycles. The molecule has 1 atom stereocenters. The van der Waals surface area contributed by atoms with Crippen LogP contribution in [0.2, 0.25) is 0 Å². The first-order chi connectivity index (χ1) is 9.16. The first-order valence-electron chi connectivity index (χ1n) is 6.38. The molecule has 2 amide bonds. The Labute approximate surface area is 112 Å². The van der Waals surface area contributed by atoms with Crippen molar-refractivity contribution < 1.29 is 9.59 Å². The van der Waals surface area contributed by atoms with E-state index >= 15 is 0 Å². The van der Waals surface area contributed by atoms with Crippen LogP contribution >= 0.6 is 0 Å². The number of hydrogen-bond donors (Lipinski definition) is 3. The molecule has 2 heterocycles. The van der Waals surface area contributed by atoms with Crippen molar-refractivity contribution in [2.45, 2.75) is 25.8 Å². The van der Waals surface area contributed by atoms with Crippen molar-refractivity contribution >= 4 is 17.5 Å². The zero-order valence-electron chi connectivity index (χ0n) is 10.9. The van der Waals surface area contributed by atoms with E-state index in [9.17, 15) is 9.59 Å². The Kier molecular flexibility index (Phi) is 4.33. The highest BCUT2D eigenvalue weighted by molar-refractivity contribution is 5.90. The number of nitrogens with zero attached hydrogens (tertiary/aromatic N) is 1. The molecule has 2 rings (SSSR count). The van der Waals surface area contributed by atoms with Crippen LogP contribution in [0, 0.1) is 6.92 Å². The van der Waals surface area contributed by atoms with Crippen LogP contribution in [0.15, 0.2) is 18.5 Å². The molecule has 3 N–H and O–H groups in total. The Morgan fingerprint density at radius 3 is 3.05 bits per heavy atom. The molecule has 0 radical (unpaired) electrons. The molecule has 1 saturated heterocycles. The van der Waals surface area contributed by atoms with E-state index in [-0.39, 0.29) is 17.9 Å². The fraction of sp³-hybridized carbons (Fsp3) is 0.462. The number of amides is 2. The van der Waals surface area contributed by atoms with Gasteiger partial charge >= 0.3 is 0 Å². The monoisotopic (exact) mass is 262 g/mol. The Morgan fingerprint density at radius 1 is 1.53 bits per heavy atom. The lowest BCUT2D eigenvalue weighted by molar-refractivity contribution is -0.125. The van der Waals surface area contributed by atoms with E-state index in [2.05, 4.69) is 20.9 Å². The molecule has 6 nitrogen and oxygen atoms in total. The van der Waals surface area contributed by atoms with Crippen LogP contribution in [-0.4, -0.2) is 35.9 Å². The van der Waals surface area contributed by atoms with Crippen molar-refractivity contribution in [3.05, 3.63) is 24.0 Å². The first-order valence-corrected chi connectivity index (χ1v) is 6.38. The van der Waals surface area contributed by atoms with Gasteiger partial charge in [0, 0.05) is 37.6 Å². The van der Waals surface area contributed by atoms with Gasteiger partial charge in [0.15, 0.2) is 0 Å². The van der Waals surface area contributed by atoms with Crippen LogP contribution in [0.5, 0.6) is 0 Å². The lowest BCUT2D eigenvalue weighted by Gasteiger charge is -2.12. The van der Waals surface area contributed by atoms with Gasteiger partial charge in [-0.05, 0) is 25.0 Å². The van der Waals surface area contributed by atoms with E-state index < -0.39 is 0 Å². The second-order valence-corrected chi connectivity index (χ2v) is 4.57. The van der Waals surface area contributed by atoms with Crippen molar-refractivity contribution in [3.8, 4) is 0 Å². The number of pyridine rings is 1. The van der Waals surface area contributed by atoms with Gasteiger partial charge in [0.25, 0.3) is 0 Å². The van der Waals surface area contributed by atoms with Gasteiger partial charge in [-0.15, -0.1) is 0 Å². The largest absolute Gasteiger partial charge is 0.383 e. The van der Waals surface area contributed by atoms with E-state index in [0.29, 0.717) is 25.9 Å². The molecule has 1 fully saturated rings. The topological polar surface area (TPSA) is 83.1 Å². The summed E-state index contributed by atoms with van der Waals surface area (Å²) in [6.07, 6.45) is 4.53. The molecule has 0 saturated carbocycles. The third kappa shape index (κ3) is 3.67. The molecule has 1 aromatic rings. The van der Waals surface area contributed by atoms with Gasteiger partial charge in [-0.1, -0.05) is 0 Å². The van der Waals surface area contributed by atoms with Crippen molar-refractivity contribution in [2.24, 2.45) is 0 Å². The second kappa shape index (κ2) is 6.17. The molecule has 0 aliphatic carbocycles. The Morgan fingerprint density at radius 2 is 2.37 bits per heavy atom. The minimum atomic E-state index is -0.366. The summed E-state index contributed by atoms with van der Waals surface area (Å²) in [4.78, 5) is 26.7. The summed E-state index contributed by atoms with van der Waals surface area (Å²) < 4.78 is 0. The number of carbonyl (C=O) groups is 2. The van der Waals surface area contributed by atoms with Crippen molar-refractivity contribution in [1.82, 2.24) is 15.6 Å². The van der Waals surface area contributed by atoms with Crippen molar-refractivity contribution in [1.29, 1.82) is 0 Å². The van der Waals surface area contributed by atoms with Crippen LogP contribution in [-0.2, 0) is 9.59 Å². The third-order valence-corrected chi connectivity index (χ3v) is 3.07. The summed E-state index contributed by atoms with van der Waals surface area (Å²) in [6, 6.07) is 1.53. The Hall–Kier alpha value is -2.11. The first kappa shape index (κ1) is 13.3. The zero-order chi connectivity index (χ0) is 13.7. The zero-order valence-corrected chi connectivity index (χ0v) is 10.9. The van der Waals surface area contributed by atoms with Crippen molar-refractivity contribution in [3.63, 3.8) is 0 Å². The minimum Gasteiger partial charge on any atom is -0.383 e. The summed E-state index contributed by atoms with van der Waals surface area (Å²) in [5.74, 6) is -0.162. The summed E-state index contributed by atoms with van der Waals surface area (Å²) in [5, 5.41) is 8.67. The molecule has 6 heteroatoms. The van der Waals surface area contributed by atoms with Crippen LogP contribution in [0.4, 0.5) is 5.69 Å². The van der Waals surface area contributed by atoms with Gasteiger partial charge in [-0.3, -0.25) is 14.6 Å². The van der Waals surface area contributed by atoms with E-state index in [1.165, 1.54) is 0 Å². The maximum atomic E-state index is 11.7. The summed E-state index contributed by atoms with van der Waals surface area (Å²) in [6.45, 7) is 3.13. The highest BCUT2D eigenvalue weighted by Crippen LogP contribution is 2.10. The lowest BCUT2D eigenvalue weighted by atomic mass is 10.2. The highest BCUT2D eigenvalue weighted by Gasteiger charge is 2.26. The Bertz CT molecular complexity index is 475. The molecule has 102 valence electrons. The van der Waals surface area contributed by atoms with Gasteiger partial charge in [0.1, 0.15) is 6.04 Å². The molecular weight excluding hydrogens is 244 g/mol. The number of aryl methyl sites for hydroxylation is 1. The number of aromatic nitrogens is 1. The van der Waals surface area contributed by atoms with Gasteiger partial charge in [-0.25, -0.2) is 0 Å². The quantitative estimate of drug-likeness (QED) is 0.662. The molecule has 1 aliphatic heterocycles. The van der Waals surface area contributed by atoms with Gasteiger partial charge in [0.05, 0.1) is 0 Å². The molecule has 0 bridgehead atoms. The number of nitrogens with one attached hydrogen (secondary N) is 3. The molecule has 1 aromatic heterocycles. The number of carbonyl (C=O) groups excluding carboxylic acids is 2. The number of anilines is 1. The van der Waals surface area contributed by atoms with Gasteiger partial charge < -0.3 is 16.0 Å². The normalized spacial score (nSPS) is 17.9. The SMILES string of the molecule is Cc1cnccc1NCCNC(=O)[C@H]1CCC(=O)N1. The van der Waals surface area contributed by atoms with Crippen LogP contribution in [0.25, 0.3) is 0 Å². The minimum absolute atomic E-state index is 0.0503. The predicted octanol–water partition coefficient (Wildman–Crippen LogP) is 0.197. The molecular formula is C13H18N4O2. The number of rotatable bonds is 5. The van der Waals surface area contributed by atoms with Gasteiger partial charge in [-0.2, -0.15) is 0 Å². The van der Waals surface area contributed by atoms with E-state index in [1.54, 1.807) is 12.4 Å². The van der Waals surface area contributed by atoms with E-state index in [1.807, 2.05) is 13.0 Å². The smallest absolute Gasteiger partial charge is 0.242 e. The number of hydrogen-bond acceptors (Lipinski definition) is 4. The second-order valence-electron chi connectivity index (χ2n) is 4.57. The predicted molar refractivity (Wildman–Crippen MR) is 71.6 cm³/mol. The standard InChI is InChI=1S/C13H18N4O2/c1-9-8-14-5-4-10(9)15-6-7-16-13(19)11-2-3-12(18)17-11/h4-5,8,11H,2-3,6-7H2,1H3,(H,14,15)(H,16,19)(H,17,18)/t11-/m1/s1. The maximum Gasteiger partial charge on any atom is 0.242 e. The molecule has 1 aliphatic rings.